The Balaban J connectivity index is 1.82. The SMILES string of the molecule is CC(C)(C)c1ccc(-c2cc3c(N(CCO)C4CCCCC4)ncc(C(N)=O)c3s2)cc1. The molecule has 6 heteroatoms. The lowest BCUT2D eigenvalue weighted by atomic mass is 9.86. The lowest BCUT2D eigenvalue weighted by molar-refractivity contribution is 0.100. The maximum absolute atomic E-state index is 12.2. The highest BCUT2D eigenvalue weighted by Gasteiger charge is 2.26. The van der Waals surface area contributed by atoms with Crippen molar-refractivity contribution in [2.24, 2.45) is 5.73 Å². The third kappa shape index (κ3) is 4.52. The number of anilines is 1. The minimum Gasteiger partial charge on any atom is -0.395 e. The van der Waals surface area contributed by atoms with Crippen LogP contribution in [0.3, 0.4) is 0 Å². The summed E-state index contributed by atoms with van der Waals surface area (Å²) < 4.78 is 0.871. The summed E-state index contributed by atoms with van der Waals surface area (Å²) in [7, 11) is 0. The molecular formula is C26H33N3O2S. The number of benzene rings is 1. The predicted molar refractivity (Wildman–Crippen MR) is 134 cm³/mol. The second-order valence-corrected chi connectivity index (χ2v) is 10.8. The van der Waals surface area contributed by atoms with Crippen LogP contribution in [0.4, 0.5) is 5.82 Å². The van der Waals surface area contributed by atoms with Crippen molar-refractivity contribution in [2.45, 2.75) is 64.3 Å². The highest BCUT2D eigenvalue weighted by atomic mass is 32.1. The molecule has 170 valence electrons. The first-order chi connectivity index (χ1) is 15.3. The van der Waals surface area contributed by atoms with Crippen LogP contribution in [-0.4, -0.2) is 35.2 Å². The summed E-state index contributed by atoms with van der Waals surface area (Å²) in [4.78, 5) is 20.2. The Hall–Kier alpha value is -2.44. The van der Waals surface area contributed by atoms with Gasteiger partial charge in [-0.15, -0.1) is 11.3 Å². The normalized spacial score (nSPS) is 15.2. The van der Waals surface area contributed by atoms with Gasteiger partial charge in [-0.1, -0.05) is 64.3 Å². The largest absolute Gasteiger partial charge is 0.395 e. The van der Waals surface area contributed by atoms with Crippen LogP contribution in [-0.2, 0) is 5.41 Å². The van der Waals surface area contributed by atoms with Gasteiger partial charge in [0, 0.05) is 29.0 Å². The molecule has 1 aliphatic carbocycles. The van der Waals surface area contributed by atoms with Crippen LogP contribution in [0.1, 0.15) is 68.8 Å². The van der Waals surface area contributed by atoms with Gasteiger partial charge in [0.15, 0.2) is 0 Å². The van der Waals surface area contributed by atoms with Crippen LogP contribution >= 0.6 is 11.3 Å². The summed E-state index contributed by atoms with van der Waals surface area (Å²) in [5.74, 6) is 0.386. The van der Waals surface area contributed by atoms with Crippen LogP contribution in [0.25, 0.3) is 20.5 Å². The number of hydrogen-bond donors (Lipinski definition) is 2. The molecule has 4 rings (SSSR count). The molecule has 32 heavy (non-hydrogen) atoms. The topological polar surface area (TPSA) is 79.4 Å². The Morgan fingerprint density at radius 3 is 2.47 bits per heavy atom. The van der Waals surface area contributed by atoms with Gasteiger partial charge in [-0.2, -0.15) is 0 Å². The van der Waals surface area contributed by atoms with Gasteiger partial charge >= 0.3 is 0 Å². The molecule has 1 saturated carbocycles. The van der Waals surface area contributed by atoms with Gasteiger partial charge in [0.05, 0.1) is 16.9 Å². The third-order valence-electron chi connectivity index (χ3n) is 6.46. The second kappa shape index (κ2) is 9.20. The minimum absolute atomic E-state index is 0.0719. The Bertz CT molecular complexity index is 1090. The van der Waals surface area contributed by atoms with Crippen LogP contribution in [0, 0.1) is 0 Å². The number of nitrogens with two attached hydrogens (primary N) is 1. The molecule has 1 amide bonds. The number of aliphatic hydroxyl groups excluding tert-OH is 1. The van der Waals surface area contributed by atoms with E-state index in [-0.39, 0.29) is 12.0 Å². The van der Waals surface area contributed by atoms with Crippen LogP contribution in [0.15, 0.2) is 36.5 Å². The molecular weight excluding hydrogens is 418 g/mol. The van der Waals surface area contributed by atoms with Crippen molar-refractivity contribution in [3.8, 4) is 10.4 Å². The third-order valence-corrected chi connectivity index (χ3v) is 7.68. The van der Waals surface area contributed by atoms with E-state index >= 15 is 0 Å². The van der Waals surface area contributed by atoms with E-state index in [4.69, 9.17) is 10.7 Å². The summed E-state index contributed by atoms with van der Waals surface area (Å²) >= 11 is 1.58. The van der Waals surface area contributed by atoms with Gasteiger partial charge in [0.2, 0.25) is 0 Å². The number of primary amides is 1. The molecule has 1 aromatic carbocycles. The maximum atomic E-state index is 12.2. The van der Waals surface area contributed by atoms with E-state index in [9.17, 15) is 9.90 Å². The zero-order valence-corrected chi connectivity index (χ0v) is 20.0. The number of pyridine rings is 1. The number of thiophene rings is 1. The lowest BCUT2D eigenvalue weighted by Gasteiger charge is -2.35. The maximum Gasteiger partial charge on any atom is 0.251 e. The minimum atomic E-state index is -0.461. The Labute approximate surface area is 194 Å². The summed E-state index contributed by atoms with van der Waals surface area (Å²) in [5, 5.41) is 10.7. The average Bonchev–Trinajstić information content (AvgIpc) is 3.22. The van der Waals surface area contributed by atoms with E-state index in [2.05, 4.69) is 56.0 Å². The number of aromatic nitrogens is 1. The molecule has 0 radical (unpaired) electrons. The number of amides is 1. The Morgan fingerprint density at radius 1 is 1.19 bits per heavy atom. The van der Waals surface area contributed by atoms with Gasteiger partial charge in [0.1, 0.15) is 5.82 Å². The number of aliphatic hydroxyl groups is 1. The molecule has 0 aliphatic heterocycles. The van der Waals surface area contributed by atoms with Crippen molar-refractivity contribution in [2.75, 3.05) is 18.1 Å². The van der Waals surface area contributed by atoms with Crippen molar-refractivity contribution >= 4 is 33.1 Å². The fourth-order valence-electron chi connectivity index (χ4n) is 4.65. The summed E-state index contributed by atoms with van der Waals surface area (Å²) in [6.45, 7) is 7.23. The molecule has 5 nitrogen and oxygen atoms in total. The first-order valence-electron chi connectivity index (χ1n) is 11.5. The van der Waals surface area contributed by atoms with Gasteiger partial charge in [0.25, 0.3) is 5.91 Å². The smallest absolute Gasteiger partial charge is 0.251 e. The van der Waals surface area contributed by atoms with E-state index in [0.29, 0.717) is 18.2 Å². The molecule has 0 atom stereocenters. The molecule has 0 bridgehead atoms. The van der Waals surface area contributed by atoms with E-state index in [1.165, 1.54) is 24.8 Å². The standard InChI is InChI=1S/C26H33N3O2S/c1-26(2,3)18-11-9-17(10-12-18)22-15-20-23(32-22)21(24(27)31)16-28-25(20)29(13-14-30)19-7-5-4-6-8-19/h9-12,15-16,19,30H,4-8,13-14H2,1-3H3,(H2,27,31). The molecule has 0 saturated heterocycles. The number of carbonyl (C=O) groups excluding carboxylic acids is 1. The fourth-order valence-corrected chi connectivity index (χ4v) is 5.83. The van der Waals surface area contributed by atoms with Crippen molar-refractivity contribution in [1.82, 2.24) is 4.98 Å². The highest BCUT2D eigenvalue weighted by Crippen LogP contribution is 2.41. The molecule has 2 heterocycles. The van der Waals surface area contributed by atoms with Gasteiger partial charge in [-0.05, 0) is 35.4 Å². The quantitative estimate of drug-likeness (QED) is 0.519. The van der Waals surface area contributed by atoms with Crippen LogP contribution in [0.5, 0.6) is 0 Å². The first kappa shape index (κ1) is 22.7. The number of nitrogens with zero attached hydrogens (tertiary/aromatic N) is 2. The molecule has 1 aliphatic rings. The van der Waals surface area contributed by atoms with E-state index in [1.54, 1.807) is 17.5 Å². The average molecular weight is 452 g/mol. The molecule has 0 spiro atoms. The van der Waals surface area contributed by atoms with Crippen molar-refractivity contribution in [1.29, 1.82) is 0 Å². The molecule has 0 unspecified atom stereocenters. The number of carbonyl (C=O) groups is 1. The van der Waals surface area contributed by atoms with Gasteiger partial charge in [-0.3, -0.25) is 4.79 Å². The summed E-state index contributed by atoms with van der Waals surface area (Å²) in [6.07, 6.45) is 7.47. The predicted octanol–water partition coefficient (Wildman–Crippen LogP) is 5.49. The Kier molecular flexibility index (Phi) is 6.54. The van der Waals surface area contributed by atoms with Gasteiger partial charge < -0.3 is 15.7 Å². The first-order valence-corrected chi connectivity index (χ1v) is 12.3. The molecule has 1 fully saturated rings. The van der Waals surface area contributed by atoms with Crippen molar-refractivity contribution in [3.63, 3.8) is 0 Å². The highest BCUT2D eigenvalue weighted by molar-refractivity contribution is 7.22. The fraction of sp³-hybridized carbons (Fsp3) is 0.462. The summed E-state index contributed by atoms with van der Waals surface area (Å²) in [5.41, 5.74) is 8.66. The zero-order valence-electron chi connectivity index (χ0n) is 19.2. The lowest BCUT2D eigenvalue weighted by Crippen LogP contribution is -2.39. The van der Waals surface area contributed by atoms with Crippen LogP contribution in [0.2, 0.25) is 0 Å². The molecule has 3 aromatic rings. The molecule has 2 aromatic heterocycles. The van der Waals surface area contributed by atoms with E-state index < -0.39 is 5.91 Å². The van der Waals surface area contributed by atoms with Gasteiger partial charge in [-0.25, -0.2) is 4.98 Å². The van der Waals surface area contributed by atoms with E-state index in [0.717, 1.165) is 39.2 Å². The van der Waals surface area contributed by atoms with Crippen LogP contribution < -0.4 is 10.6 Å². The molecule has 3 N–H and O–H groups in total. The zero-order chi connectivity index (χ0) is 22.9. The summed E-state index contributed by atoms with van der Waals surface area (Å²) in [6, 6.07) is 11.1. The number of rotatable bonds is 6. The number of fused-ring (bicyclic) bond motifs is 1. The van der Waals surface area contributed by atoms with Crippen molar-refractivity contribution in [3.05, 3.63) is 47.7 Å². The number of hydrogen-bond acceptors (Lipinski definition) is 5. The monoisotopic (exact) mass is 451 g/mol. The second-order valence-electron chi connectivity index (χ2n) is 9.75. The van der Waals surface area contributed by atoms with Crippen molar-refractivity contribution < 1.29 is 9.90 Å². The Morgan fingerprint density at radius 2 is 1.88 bits per heavy atom. The van der Waals surface area contributed by atoms with E-state index in [1.807, 2.05) is 0 Å².